The number of alkyl halides is 6. The van der Waals surface area contributed by atoms with Crippen LogP contribution in [-0.4, -0.2) is 63.5 Å². The SMILES string of the molecule is O=C(Nc1ccccc1N1CCCCC1)c1cnc[nH]1.O=C(O)C(F)(F)F.O=C(O)C(F)(F)F. The number of piperidine rings is 1. The minimum Gasteiger partial charge on any atom is -0.475 e. The van der Waals surface area contributed by atoms with Crippen LogP contribution in [0.15, 0.2) is 36.8 Å². The highest BCUT2D eigenvalue weighted by atomic mass is 19.4. The maximum absolute atomic E-state index is 12.1. The van der Waals surface area contributed by atoms with Gasteiger partial charge in [0.25, 0.3) is 5.91 Å². The largest absolute Gasteiger partial charge is 0.490 e. The van der Waals surface area contributed by atoms with E-state index in [1.807, 2.05) is 18.2 Å². The first kappa shape index (κ1) is 28.3. The second-order valence-corrected chi connectivity index (χ2v) is 6.59. The standard InChI is InChI=1S/C15H18N4O.2C2HF3O2/c20-15(13-10-16-11-17-13)18-12-6-2-3-7-14(12)19-8-4-1-5-9-19;2*3-2(4,5)1(6)7/h2-3,6-7,10-11H,1,4-5,8-9H2,(H,16,17)(H,18,20);2*(H,6,7). The summed E-state index contributed by atoms with van der Waals surface area (Å²) < 4.78 is 63.5. The van der Waals surface area contributed by atoms with Gasteiger partial charge in [-0.1, -0.05) is 12.1 Å². The average molecular weight is 498 g/mol. The zero-order valence-electron chi connectivity index (χ0n) is 17.3. The second kappa shape index (κ2) is 12.5. The van der Waals surface area contributed by atoms with E-state index in [9.17, 15) is 31.1 Å². The number of hydrogen-bond acceptors (Lipinski definition) is 5. The number of para-hydroxylation sites is 2. The van der Waals surface area contributed by atoms with Gasteiger partial charge in [-0.2, -0.15) is 26.3 Å². The van der Waals surface area contributed by atoms with Gasteiger partial charge in [0, 0.05) is 13.1 Å². The number of carboxylic acid groups (broad SMARTS) is 2. The summed E-state index contributed by atoms with van der Waals surface area (Å²) in [4.78, 5) is 38.9. The lowest BCUT2D eigenvalue weighted by molar-refractivity contribution is -0.193. The van der Waals surface area contributed by atoms with Crippen LogP contribution >= 0.6 is 0 Å². The van der Waals surface area contributed by atoms with E-state index in [4.69, 9.17) is 19.8 Å². The van der Waals surface area contributed by atoms with E-state index in [1.165, 1.54) is 31.8 Å². The summed E-state index contributed by atoms with van der Waals surface area (Å²) in [6, 6.07) is 7.96. The van der Waals surface area contributed by atoms with Crippen LogP contribution in [0.4, 0.5) is 37.7 Å². The summed E-state index contributed by atoms with van der Waals surface area (Å²) >= 11 is 0. The zero-order chi connectivity index (χ0) is 25.9. The Bertz CT molecular complexity index is 917. The Morgan fingerprint density at radius 2 is 1.41 bits per heavy atom. The van der Waals surface area contributed by atoms with Gasteiger partial charge in [0.1, 0.15) is 5.69 Å². The number of H-pyrrole nitrogens is 1. The molecular weight excluding hydrogens is 478 g/mol. The van der Waals surface area contributed by atoms with Crippen LogP contribution in [0.3, 0.4) is 0 Å². The van der Waals surface area contributed by atoms with E-state index in [-0.39, 0.29) is 5.91 Å². The monoisotopic (exact) mass is 498 g/mol. The van der Waals surface area contributed by atoms with E-state index in [2.05, 4.69) is 26.3 Å². The van der Waals surface area contributed by atoms with Crippen molar-refractivity contribution >= 4 is 29.2 Å². The van der Waals surface area contributed by atoms with E-state index < -0.39 is 24.3 Å². The van der Waals surface area contributed by atoms with Crippen LogP contribution in [0.25, 0.3) is 0 Å². The Labute approximate surface area is 188 Å². The van der Waals surface area contributed by atoms with Gasteiger partial charge < -0.3 is 25.4 Å². The molecule has 1 saturated heterocycles. The van der Waals surface area contributed by atoms with Crippen LogP contribution in [0.1, 0.15) is 29.8 Å². The Morgan fingerprint density at radius 3 is 1.85 bits per heavy atom. The van der Waals surface area contributed by atoms with Crippen LogP contribution in [0.2, 0.25) is 0 Å². The maximum Gasteiger partial charge on any atom is 0.490 e. The van der Waals surface area contributed by atoms with Gasteiger partial charge in [0.05, 0.1) is 23.9 Å². The number of carboxylic acids is 2. The number of amides is 1. The number of aliphatic carboxylic acids is 2. The highest BCUT2D eigenvalue weighted by Gasteiger charge is 2.38. The molecule has 1 aromatic carbocycles. The number of carbonyl (C=O) groups excluding carboxylic acids is 1. The fraction of sp³-hybridized carbons (Fsp3) is 0.368. The summed E-state index contributed by atoms with van der Waals surface area (Å²) in [5, 5.41) is 17.2. The topological polar surface area (TPSA) is 136 Å². The molecule has 188 valence electrons. The molecule has 1 aliphatic heterocycles. The molecule has 34 heavy (non-hydrogen) atoms. The minimum atomic E-state index is -5.08. The maximum atomic E-state index is 12.1. The molecule has 0 saturated carbocycles. The summed E-state index contributed by atoms with van der Waals surface area (Å²) in [7, 11) is 0. The Hall–Kier alpha value is -3.78. The number of hydrogen-bond donors (Lipinski definition) is 4. The Balaban J connectivity index is 0.000000343. The molecule has 1 aromatic heterocycles. The van der Waals surface area contributed by atoms with Crippen molar-refractivity contribution < 1.29 is 50.9 Å². The van der Waals surface area contributed by atoms with Crippen molar-refractivity contribution in [3.05, 3.63) is 42.5 Å². The van der Waals surface area contributed by atoms with Gasteiger partial charge in [0.2, 0.25) is 0 Å². The van der Waals surface area contributed by atoms with Gasteiger partial charge in [-0.25, -0.2) is 14.6 Å². The Kier molecular flexibility index (Phi) is 10.4. The molecule has 1 fully saturated rings. The van der Waals surface area contributed by atoms with Gasteiger partial charge in [-0.15, -0.1) is 0 Å². The lowest BCUT2D eigenvalue weighted by atomic mass is 10.1. The molecule has 0 unspecified atom stereocenters. The molecule has 2 heterocycles. The normalized spacial score (nSPS) is 13.5. The highest BCUT2D eigenvalue weighted by Crippen LogP contribution is 2.28. The van der Waals surface area contributed by atoms with Crippen molar-refractivity contribution in [2.45, 2.75) is 31.6 Å². The second-order valence-electron chi connectivity index (χ2n) is 6.59. The smallest absolute Gasteiger partial charge is 0.475 e. The molecule has 15 heteroatoms. The minimum absolute atomic E-state index is 0.160. The number of nitrogens with one attached hydrogen (secondary N) is 2. The van der Waals surface area contributed by atoms with Crippen molar-refractivity contribution in [2.24, 2.45) is 0 Å². The molecular formula is C19H20F6N4O5. The van der Waals surface area contributed by atoms with E-state index in [1.54, 1.807) is 0 Å². The average Bonchev–Trinajstić information content (AvgIpc) is 3.29. The number of aromatic amines is 1. The number of anilines is 2. The van der Waals surface area contributed by atoms with Crippen LogP contribution < -0.4 is 10.2 Å². The zero-order valence-corrected chi connectivity index (χ0v) is 17.3. The number of benzene rings is 1. The number of rotatable bonds is 3. The molecule has 0 spiro atoms. The van der Waals surface area contributed by atoms with Gasteiger partial charge in [-0.3, -0.25) is 4.79 Å². The molecule has 0 bridgehead atoms. The summed E-state index contributed by atoms with van der Waals surface area (Å²) in [5.41, 5.74) is 2.42. The molecule has 1 aliphatic rings. The molecule has 9 nitrogen and oxygen atoms in total. The van der Waals surface area contributed by atoms with Crippen LogP contribution in [0.5, 0.6) is 0 Å². The first-order chi connectivity index (χ1) is 15.7. The quantitative estimate of drug-likeness (QED) is 0.471. The first-order valence-electron chi connectivity index (χ1n) is 9.47. The summed E-state index contributed by atoms with van der Waals surface area (Å²) in [6.45, 7) is 2.11. The van der Waals surface area contributed by atoms with Crippen LogP contribution in [0, 0.1) is 0 Å². The third-order valence-corrected chi connectivity index (χ3v) is 4.08. The third-order valence-electron chi connectivity index (χ3n) is 4.08. The Morgan fingerprint density at radius 1 is 0.912 bits per heavy atom. The van der Waals surface area contributed by atoms with Gasteiger partial charge >= 0.3 is 24.3 Å². The molecule has 0 aliphatic carbocycles. The third kappa shape index (κ3) is 9.79. The lowest BCUT2D eigenvalue weighted by Crippen LogP contribution is -2.30. The number of imidazole rings is 1. The van der Waals surface area contributed by atoms with Gasteiger partial charge in [-0.05, 0) is 31.4 Å². The van der Waals surface area contributed by atoms with Crippen molar-refractivity contribution in [1.82, 2.24) is 9.97 Å². The van der Waals surface area contributed by atoms with E-state index in [0.29, 0.717) is 5.69 Å². The van der Waals surface area contributed by atoms with Crippen molar-refractivity contribution in [3.8, 4) is 0 Å². The van der Waals surface area contributed by atoms with E-state index >= 15 is 0 Å². The molecule has 0 radical (unpaired) electrons. The lowest BCUT2D eigenvalue weighted by Gasteiger charge is -2.30. The summed E-state index contributed by atoms with van der Waals surface area (Å²) in [6.07, 6.45) is -3.42. The summed E-state index contributed by atoms with van der Waals surface area (Å²) in [5.74, 6) is -5.67. The fourth-order valence-corrected chi connectivity index (χ4v) is 2.56. The number of halogens is 6. The molecule has 2 aromatic rings. The van der Waals surface area contributed by atoms with Crippen LogP contribution in [-0.2, 0) is 9.59 Å². The van der Waals surface area contributed by atoms with Crippen molar-refractivity contribution in [1.29, 1.82) is 0 Å². The number of aromatic nitrogens is 2. The van der Waals surface area contributed by atoms with Gasteiger partial charge in [0.15, 0.2) is 0 Å². The van der Waals surface area contributed by atoms with Crippen molar-refractivity contribution in [3.63, 3.8) is 0 Å². The molecule has 3 rings (SSSR count). The number of nitrogens with zero attached hydrogens (tertiary/aromatic N) is 2. The van der Waals surface area contributed by atoms with Crippen molar-refractivity contribution in [2.75, 3.05) is 23.3 Å². The number of carbonyl (C=O) groups is 3. The fourth-order valence-electron chi connectivity index (χ4n) is 2.56. The molecule has 4 N–H and O–H groups in total. The molecule has 0 atom stereocenters. The highest BCUT2D eigenvalue weighted by molar-refractivity contribution is 6.04. The first-order valence-corrected chi connectivity index (χ1v) is 9.47. The predicted octanol–water partition coefficient (Wildman–Crippen LogP) is 3.92. The predicted molar refractivity (Wildman–Crippen MR) is 106 cm³/mol. The molecule has 1 amide bonds. The van der Waals surface area contributed by atoms with E-state index in [0.717, 1.165) is 24.5 Å².